The second-order valence-corrected chi connectivity index (χ2v) is 2.02. The number of nitrogens with two attached hydrogens (primary N) is 1. The number of nitrogens with zero attached hydrogens (tertiary/aromatic N) is 3. The number of anilines is 1. The highest BCUT2D eigenvalue weighted by Gasteiger charge is 1.99. The number of hydrazine groups is 1. The van der Waals surface area contributed by atoms with E-state index in [-0.39, 0.29) is 16.5 Å². The second-order valence-electron chi connectivity index (χ2n) is 1.34. The molecule has 1 rings (SSSR count). The molecule has 0 bridgehead atoms. The summed E-state index contributed by atoms with van der Waals surface area (Å²) < 4.78 is 0. The normalized spacial score (nSPS) is 9.50. The van der Waals surface area contributed by atoms with Gasteiger partial charge in [-0.15, -0.1) is 0 Å². The summed E-state index contributed by atoms with van der Waals surface area (Å²) in [7, 11) is 0. The predicted octanol–water partition coefficient (Wildman–Crippen LogP) is 0.464. The molecule has 0 aliphatic rings. The number of aromatic nitrogens is 3. The lowest BCUT2D eigenvalue weighted by Crippen LogP contribution is -2.11. The van der Waals surface area contributed by atoms with Crippen molar-refractivity contribution in [3.63, 3.8) is 0 Å². The van der Waals surface area contributed by atoms with Gasteiger partial charge in [-0.05, 0) is 23.2 Å². The Morgan fingerprint density at radius 2 is 1.60 bits per heavy atom. The van der Waals surface area contributed by atoms with E-state index in [2.05, 4.69) is 20.4 Å². The zero-order valence-corrected chi connectivity index (χ0v) is 6.19. The number of hydrogen-bond acceptors (Lipinski definition) is 5. The van der Waals surface area contributed by atoms with Crippen LogP contribution in [-0.4, -0.2) is 15.0 Å². The summed E-state index contributed by atoms with van der Waals surface area (Å²) in [6, 6.07) is 0. The topological polar surface area (TPSA) is 76.7 Å². The Balaban J connectivity index is 3.06. The number of rotatable bonds is 1. The third-order valence-corrected chi connectivity index (χ3v) is 1.05. The van der Waals surface area contributed by atoms with Crippen LogP contribution in [0, 0.1) is 0 Å². The first-order valence-electron chi connectivity index (χ1n) is 2.26. The Morgan fingerprint density at radius 1 is 1.10 bits per heavy atom. The van der Waals surface area contributed by atoms with Crippen LogP contribution < -0.4 is 11.3 Å². The maximum atomic E-state index is 5.39. The van der Waals surface area contributed by atoms with Gasteiger partial charge in [-0.3, -0.25) is 5.43 Å². The van der Waals surface area contributed by atoms with E-state index in [1.54, 1.807) is 0 Å². The quantitative estimate of drug-likeness (QED) is 0.485. The summed E-state index contributed by atoms with van der Waals surface area (Å²) >= 11 is 10.8. The van der Waals surface area contributed by atoms with Crippen molar-refractivity contribution in [3.05, 3.63) is 10.6 Å². The molecule has 0 saturated heterocycles. The van der Waals surface area contributed by atoms with Crippen LogP contribution in [-0.2, 0) is 0 Å². The van der Waals surface area contributed by atoms with Gasteiger partial charge in [0.25, 0.3) is 0 Å². The minimum atomic E-state index is 0.00736. The lowest BCUT2D eigenvalue weighted by atomic mass is 11.0. The molecular formula is C3H3Cl2N5. The first-order valence-corrected chi connectivity index (χ1v) is 3.01. The molecule has 0 radical (unpaired) electrons. The van der Waals surface area contributed by atoms with Gasteiger partial charge in [-0.2, -0.15) is 15.0 Å². The molecule has 0 aliphatic carbocycles. The van der Waals surface area contributed by atoms with Crippen molar-refractivity contribution < 1.29 is 0 Å². The lowest BCUT2D eigenvalue weighted by molar-refractivity contribution is 1.03. The summed E-state index contributed by atoms with van der Waals surface area (Å²) in [6.07, 6.45) is 0. The molecule has 0 amide bonds. The number of nitrogen functional groups attached to an aromatic ring is 1. The van der Waals surface area contributed by atoms with Crippen molar-refractivity contribution in [2.24, 2.45) is 5.84 Å². The second kappa shape index (κ2) is 2.96. The summed E-state index contributed by atoms with van der Waals surface area (Å²) in [4.78, 5) is 10.6. The zero-order chi connectivity index (χ0) is 7.56. The van der Waals surface area contributed by atoms with Crippen molar-refractivity contribution in [2.75, 3.05) is 5.43 Å². The van der Waals surface area contributed by atoms with Crippen LogP contribution in [0.15, 0.2) is 0 Å². The van der Waals surface area contributed by atoms with Gasteiger partial charge in [0.15, 0.2) is 0 Å². The molecule has 0 spiro atoms. The fourth-order valence-corrected chi connectivity index (χ4v) is 0.754. The molecule has 1 aromatic heterocycles. The maximum absolute atomic E-state index is 5.39. The highest BCUT2D eigenvalue weighted by Crippen LogP contribution is 2.07. The fraction of sp³-hybridized carbons (Fsp3) is 0. The van der Waals surface area contributed by atoms with Crippen molar-refractivity contribution in [1.82, 2.24) is 15.0 Å². The van der Waals surface area contributed by atoms with Gasteiger partial charge in [0.05, 0.1) is 0 Å². The smallest absolute Gasteiger partial charge is 0.242 e. The van der Waals surface area contributed by atoms with Crippen LogP contribution >= 0.6 is 23.2 Å². The van der Waals surface area contributed by atoms with E-state index in [0.717, 1.165) is 0 Å². The summed E-state index contributed by atoms with van der Waals surface area (Å²) in [5.74, 6) is 5.11. The first kappa shape index (κ1) is 7.46. The molecule has 0 unspecified atom stereocenters. The Bertz CT molecular complexity index is 218. The van der Waals surface area contributed by atoms with Gasteiger partial charge in [0.1, 0.15) is 0 Å². The third-order valence-electron chi connectivity index (χ3n) is 0.710. The molecule has 5 nitrogen and oxygen atoms in total. The van der Waals surface area contributed by atoms with Crippen LogP contribution in [0.25, 0.3) is 0 Å². The number of nitrogens with one attached hydrogen (secondary N) is 1. The Kier molecular flexibility index (Phi) is 2.21. The van der Waals surface area contributed by atoms with Crippen molar-refractivity contribution >= 4 is 29.2 Å². The predicted molar refractivity (Wildman–Crippen MR) is 37.7 cm³/mol. The Labute approximate surface area is 66.6 Å². The molecule has 1 heterocycles. The maximum Gasteiger partial charge on any atom is 0.242 e. The highest BCUT2D eigenvalue weighted by atomic mass is 35.5. The van der Waals surface area contributed by atoms with Crippen LogP contribution in [0.2, 0.25) is 10.6 Å². The van der Waals surface area contributed by atoms with Crippen molar-refractivity contribution in [3.8, 4) is 0 Å². The molecule has 0 aliphatic heterocycles. The molecule has 0 saturated carbocycles. The monoisotopic (exact) mass is 179 g/mol. The third kappa shape index (κ3) is 1.66. The molecule has 1 aromatic rings. The van der Waals surface area contributed by atoms with Gasteiger partial charge < -0.3 is 0 Å². The molecular weight excluding hydrogens is 177 g/mol. The van der Waals surface area contributed by atoms with Crippen molar-refractivity contribution in [2.45, 2.75) is 0 Å². The van der Waals surface area contributed by atoms with Crippen LogP contribution in [0.1, 0.15) is 0 Å². The van der Waals surface area contributed by atoms with Crippen molar-refractivity contribution in [1.29, 1.82) is 0 Å². The molecule has 3 N–H and O–H groups in total. The van der Waals surface area contributed by atoms with Crippen LogP contribution in [0.4, 0.5) is 5.95 Å². The molecule has 0 aromatic carbocycles. The summed E-state index contributed by atoms with van der Waals surface area (Å²) in [6.45, 7) is 0. The van der Waals surface area contributed by atoms with Crippen LogP contribution in [0.3, 0.4) is 0 Å². The zero-order valence-electron chi connectivity index (χ0n) is 4.67. The molecule has 10 heavy (non-hydrogen) atoms. The van der Waals surface area contributed by atoms with Crippen LogP contribution in [0.5, 0.6) is 0 Å². The SMILES string of the molecule is NNc1nc(Cl)nc(Cl)n1. The van der Waals surface area contributed by atoms with Gasteiger partial charge >= 0.3 is 0 Å². The Hall–Kier alpha value is -0.650. The van der Waals surface area contributed by atoms with Gasteiger partial charge in [0.2, 0.25) is 16.5 Å². The van der Waals surface area contributed by atoms with E-state index in [1.165, 1.54) is 0 Å². The minimum Gasteiger partial charge on any atom is -0.292 e. The highest BCUT2D eigenvalue weighted by molar-refractivity contribution is 6.31. The largest absolute Gasteiger partial charge is 0.292 e. The van der Waals surface area contributed by atoms with E-state index in [9.17, 15) is 0 Å². The van der Waals surface area contributed by atoms with E-state index < -0.39 is 0 Å². The fourth-order valence-electron chi connectivity index (χ4n) is 0.390. The standard InChI is InChI=1S/C3H3Cl2N5/c4-1-7-2(5)9-3(8-1)10-6/h6H2,(H,7,8,9,10). The summed E-state index contributed by atoms with van der Waals surface area (Å²) in [5.41, 5.74) is 2.18. The molecule has 54 valence electrons. The van der Waals surface area contributed by atoms with Gasteiger partial charge in [-0.25, -0.2) is 5.84 Å². The molecule has 0 atom stereocenters. The molecule has 0 fully saturated rings. The molecule has 7 heteroatoms. The van der Waals surface area contributed by atoms with E-state index in [4.69, 9.17) is 29.0 Å². The Morgan fingerprint density at radius 3 is 2.00 bits per heavy atom. The number of halogens is 2. The first-order chi connectivity index (χ1) is 4.72. The van der Waals surface area contributed by atoms with E-state index in [0.29, 0.717) is 0 Å². The van der Waals surface area contributed by atoms with E-state index in [1.807, 2.05) is 0 Å². The lowest BCUT2D eigenvalue weighted by Gasteiger charge is -1.96. The van der Waals surface area contributed by atoms with E-state index >= 15 is 0 Å². The van der Waals surface area contributed by atoms with Gasteiger partial charge in [0, 0.05) is 0 Å². The number of hydrogen-bond donors (Lipinski definition) is 2. The average Bonchev–Trinajstić information content (AvgIpc) is 1.85. The van der Waals surface area contributed by atoms with Gasteiger partial charge in [-0.1, -0.05) is 0 Å². The average molecular weight is 180 g/mol. The summed E-state index contributed by atoms with van der Waals surface area (Å²) in [5, 5.41) is 0.0147. The minimum absolute atomic E-state index is 0.00736.